The Kier molecular flexibility index (Phi) is 4.82. The molecule has 4 nitrogen and oxygen atoms in total. The second-order valence-corrected chi connectivity index (χ2v) is 6.69. The van der Waals surface area contributed by atoms with Crippen LogP contribution in [0.4, 0.5) is 0 Å². The van der Waals surface area contributed by atoms with Gasteiger partial charge in [0.05, 0.1) is 17.1 Å². The zero-order valence-electron chi connectivity index (χ0n) is 14.8. The number of ketones is 1. The minimum absolute atomic E-state index is 0.0824. The Bertz CT molecular complexity index is 933. The highest BCUT2D eigenvalue weighted by Gasteiger charge is 2.23. The average Bonchev–Trinajstić information content (AvgIpc) is 2.97. The first-order valence-corrected chi connectivity index (χ1v) is 8.66. The standard InChI is InChI=1S/C20H21ClN2O2/c1-12-11-16(9-10-17(12)21)25-15(4)20-22-18-7-5-6-8-19(18)23(20)13(2)14(3)24/h5-11,13,15H,1-4H3. The summed E-state index contributed by atoms with van der Waals surface area (Å²) in [7, 11) is 0. The van der Waals surface area contributed by atoms with E-state index >= 15 is 0 Å². The molecule has 1 aromatic heterocycles. The van der Waals surface area contributed by atoms with Crippen molar-refractivity contribution in [3.8, 4) is 5.75 Å². The second kappa shape index (κ2) is 6.89. The molecule has 130 valence electrons. The lowest BCUT2D eigenvalue weighted by atomic mass is 10.2. The van der Waals surface area contributed by atoms with E-state index in [9.17, 15) is 4.79 Å². The normalized spacial score (nSPS) is 13.6. The molecular weight excluding hydrogens is 336 g/mol. The molecule has 2 atom stereocenters. The maximum Gasteiger partial charge on any atom is 0.153 e. The molecule has 0 aliphatic carbocycles. The first-order chi connectivity index (χ1) is 11.9. The van der Waals surface area contributed by atoms with Gasteiger partial charge in [0.15, 0.2) is 17.7 Å². The fraction of sp³-hybridized carbons (Fsp3) is 0.300. The van der Waals surface area contributed by atoms with Crippen LogP contribution in [0, 0.1) is 6.92 Å². The van der Waals surface area contributed by atoms with Crippen molar-refractivity contribution in [1.82, 2.24) is 9.55 Å². The molecule has 0 aliphatic heterocycles. The first-order valence-electron chi connectivity index (χ1n) is 8.28. The summed E-state index contributed by atoms with van der Waals surface area (Å²) in [5.74, 6) is 1.54. The summed E-state index contributed by atoms with van der Waals surface area (Å²) in [6.45, 7) is 7.36. The van der Waals surface area contributed by atoms with Crippen LogP contribution in [0.3, 0.4) is 0 Å². The van der Waals surface area contributed by atoms with Gasteiger partial charge in [0.2, 0.25) is 0 Å². The minimum atomic E-state index is -0.310. The Labute approximate surface area is 152 Å². The number of nitrogens with zero attached hydrogens (tertiary/aromatic N) is 2. The van der Waals surface area contributed by atoms with Gasteiger partial charge in [-0.05, 0) is 63.6 Å². The van der Waals surface area contributed by atoms with Gasteiger partial charge in [-0.25, -0.2) is 4.98 Å². The number of para-hydroxylation sites is 2. The molecule has 0 bridgehead atoms. The smallest absolute Gasteiger partial charge is 0.153 e. The number of aromatic nitrogens is 2. The van der Waals surface area contributed by atoms with Crippen LogP contribution in [-0.2, 0) is 4.79 Å². The van der Waals surface area contributed by atoms with Gasteiger partial charge in [-0.1, -0.05) is 23.7 Å². The highest BCUT2D eigenvalue weighted by atomic mass is 35.5. The number of imidazole rings is 1. The Morgan fingerprint density at radius 1 is 1.20 bits per heavy atom. The van der Waals surface area contributed by atoms with Gasteiger partial charge >= 0.3 is 0 Å². The Morgan fingerprint density at radius 2 is 1.92 bits per heavy atom. The van der Waals surface area contributed by atoms with E-state index in [1.807, 2.05) is 67.8 Å². The molecule has 25 heavy (non-hydrogen) atoms. The quantitative estimate of drug-likeness (QED) is 0.624. The fourth-order valence-electron chi connectivity index (χ4n) is 2.89. The number of carbonyl (C=O) groups is 1. The summed E-state index contributed by atoms with van der Waals surface area (Å²) in [6, 6.07) is 13.1. The summed E-state index contributed by atoms with van der Waals surface area (Å²) >= 11 is 6.08. The van der Waals surface area contributed by atoms with Crippen LogP contribution in [-0.4, -0.2) is 15.3 Å². The van der Waals surface area contributed by atoms with Crippen LogP contribution < -0.4 is 4.74 Å². The Morgan fingerprint density at radius 3 is 2.60 bits per heavy atom. The molecule has 0 fully saturated rings. The third kappa shape index (κ3) is 3.40. The van der Waals surface area contributed by atoms with Gasteiger partial charge in [-0.3, -0.25) is 4.79 Å². The van der Waals surface area contributed by atoms with E-state index in [1.165, 1.54) is 0 Å². The number of halogens is 1. The molecule has 0 amide bonds. The van der Waals surface area contributed by atoms with Crippen LogP contribution in [0.2, 0.25) is 5.02 Å². The van der Waals surface area contributed by atoms with E-state index in [0.29, 0.717) is 5.02 Å². The molecular formula is C20H21ClN2O2. The molecule has 1 heterocycles. The summed E-state index contributed by atoms with van der Waals surface area (Å²) in [5, 5.41) is 0.706. The Balaban J connectivity index is 2.02. The number of benzene rings is 2. The van der Waals surface area contributed by atoms with Crippen LogP contribution >= 0.6 is 11.6 Å². The first kappa shape index (κ1) is 17.5. The van der Waals surface area contributed by atoms with Crippen molar-refractivity contribution in [3.63, 3.8) is 0 Å². The number of hydrogen-bond donors (Lipinski definition) is 0. The van der Waals surface area contributed by atoms with Crippen molar-refractivity contribution in [2.24, 2.45) is 0 Å². The van der Waals surface area contributed by atoms with E-state index in [2.05, 4.69) is 0 Å². The molecule has 2 unspecified atom stereocenters. The molecule has 2 aromatic carbocycles. The molecule has 0 saturated carbocycles. The fourth-order valence-corrected chi connectivity index (χ4v) is 3.00. The number of ether oxygens (including phenoxy) is 1. The summed E-state index contributed by atoms with van der Waals surface area (Å²) in [5.41, 5.74) is 2.74. The lowest BCUT2D eigenvalue weighted by Gasteiger charge is -2.20. The Hall–Kier alpha value is -2.33. The molecule has 0 radical (unpaired) electrons. The number of rotatable bonds is 5. The number of hydrogen-bond acceptors (Lipinski definition) is 3. The summed E-state index contributed by atoms with van der Waals surface area (Å²) < 4.78 is 8.05. The van der Waals surface area contributed by atoms with Crippen LogP contribution in [0.1, 0.15) is 44.3 Å². The van der Waals surface area contributed by atoms with Crippen molar-refractivity contribution in [3.05, 3.63) is 58.9 Å². The zero-order valence-corrected chi connectivity index (χ0v) is 15.5. The van der Waals surface area contributed by atoms with Gasteiger partial charge in [-0.2, -0.15) is 0 Å². The third-order valence-electron chi connectivity index (χ3n) is 4.40. The van der Waals surface area contributed by atoms with E-state index in [-0.39, 0.29) is 17.9 Å². The van der Waals surface area contributed by atoms with Crippen LogP contribution in [0.5, 0.6) is 5.75 Å². The second-order valence-electron chi connectivity index (χ2n) is 6.29. The van der Waals surface area contributed by atoms with Crippen LogP contribution in [0.15, 0.2) is 42.5 Å². The predicted octanol–water partition coefficient (Wildman–Crippen LogP) is 5.29. The van der Waals surface area contributed by atoms with Crippen molar-refractivity contribution in [2.45, 2.75) is 39.8 Å². The van der Waals surface area contributed by atoms with Crippen molar-refractivity contribution in [2.75, 3.05) is 0 Å². The van der Waals surface area contributed by atoms with Crippen molar-refractivity contribution in [1.29, 1.82) is 0 Å². The van der Waals surface area contributed by atoms with E-state index < -0.39 is 0 Å². The molecule has 3 aromatic rings. The molecule has 3 rings (SSSR count). The average molecular weight is 357 g/mol. The van der Waals surface area contributed by atoms with Gasteiger partial charge in [0.25, 0.3) is 0 Å². The lowest BCUT2D eigenvalue weighted by Crippen LogP contribution is -2.19. The number of aryl methyl sites for hydroxylation is 1. The molecule has 0 N–H and O–H groups in total. The lowest BCUT2D eigenvalue weighted by molar-refractivity contribution is -0.119. The summed E-state index contributed by atoms with van der Waals surface area (Å²) in [4.78, 5) is 16.7. The molecule has 0 spiro atoms. The van der Waals surface area contributed by atoms with E-state index in [4.69, 9.17) is 21.3 Å². The maximum absolute atomic E-state index is 12.0. The number of fused-ring (bicyclic) bond motifs is 1. The molecule has 5 heteroatoms. The van der Waals surface area contributed by atoms with Crippen LogP contribution in [0.25, 0.3) is 11.0 Å². The third-order valence-corrected chi connectivity index (χ3v) is 4.83. The largest absolute Gasteiger partial charge is 0.483 e. The highest BCUT2D eigenvalue weighted by molar-refractivity contribution is 6.31. The van der Waals surface area contributed by atoms with Gasteiger partial charge in [0.1, 0.15) is 5.75 Å². The van der Waals surface area contributed by atoms with E-state index in [0.717, 1.165) is 28.2 Å². The van der Waals surface area contributed by atoms with Crippen molar-refractivity contribution >= 4 is 28.4 Å². The molecule has 0 aliphatic rings. The predicted molar refractivity (Wildman–Crippen MR) is 100 cm³/mol. The SMILES string of the molecule is CC(=O)C(C)n1c(C(C)Oc2ccc(Cl)c(C)c2)nc2ccccc21. The van der Waals surface area contributed by atoms with Crippen molar-refractivity contribution < 1.29 is 9.53 Å². The van der Waals surface area contributed by atoms with E-state index in [1.54, 1.807) is 6.92 Å². The van der Waals surface area contributed by atoms with Gasteiger partial charge in [0, 0.05) is 5.02 Å². The number of carbonyl (C=O) groups excluding carboxylic acids is 1. The monoisotopic (exact) mass is 356 g/mol. The topological polar surface area (TPSA) is 44.1 Å². The number of Topliss-reactive ketones (excluding diaryl/α,β-unsaturated/α-hetero) is 1. The summed E-state index contributed by atoms with van der Waals surface area (Å²) in [6.07, 6.45) is -0.310. The minimum Gasteiger partial charge on any atom is -0.483 e. The zero-order chi connectivity index (χ0) is 18.1. The van der Waals surface area contributed by atoms with Gasteiger partial charge < -0.3 is 9.30 Å². The highest BCUT2D eigenvalue weighted by Crippen LogP contribution is 2.29. The van der Waals surface area contributed by atoms with Gasteiger partial charge in [-0.15, -0.1) is 0 Å². The molecule has 0 saturated heterocycles. The maximum atomic E-state index is 12.0.